The van der Waals surface area contributed by atoms with E-state index in [2.05, 4.69) is 10.6 Å². The molecule has 0 spiro atoms. The molecule has 1 unspecified atom stereocenters. The molecule has 9 heteroatoms. The van der Waals surface area contributed by atoms with Crippen LogP contribution >= 0.6 is 0 Å². The molecule has 2 N–H and O–H groups in total. The van der Waals surface area contributed by atoms with Gasteiger partial charge in [-0.25, -0.2) is 9.59 Å². The summed E-state index contributed by atoms with van der Waals surface area (Å²) >= 11 is 0. The SMILES string of the molecule is COc1cc(NC(=O)N(C)c2cccc([C@H](C)NC(=O)OC3CCOC3)c2)ccc1C#N. The average Bonchev–Trinajstić information content (AvgIpc) is 3.31. The van der Waals surface area contributed by atoms with Gasteiger partial charge in [0.15, 0.2) is 0 Å². The van der Waals surface area contributed by atoms with Crippen molar-refractivity contribution in [3.8, 4) is 11.8 Å². The lowest BCUT2D eigenvalue weighted by Crippen LogP contribution is -2.32. The number of nitriles is 1. The van der Waals surface area contributed by atoms with Crippen LogP contribution < -0.4 is 20.3 Å². The van der Waals surface area contributed by atoms with Crippen LogP contribution in [-0.2, 0) is 9.47 Å². The second-order valence-corrected chi connectivity index (χ2v) is 7.37. The van der Waals surface area contributed by atoms with Crippen molar-refractivity contribution in [2.45, 2.75) is 25.5 Å². The van der Waals surface area contributed by atoms with Crippen molar-refractivity contribution in [1.29, 1.82) is 5.26 Å². The maximum atomic E-state index is 12.7. The molecule has 1 saturated heterocycles. The third-order valence-corrected chi connectivity index (χ3v) is 5.13. The van der Waals surface area contributed by atoms with Crippen LogP contribution in [0.3, 0.4) is 0 Å². The van der Waals surface area contributed by atoms with Crippen molar-refractivity contribution in [2.24, 2.45) is 0 Å². The molecule has 3 amide bonds. The molecule has 1 aliphatic rings. The Kier molecular flexibility index (Phi) is 7.52. The number of anilines is 2. The lowest BCUT2D eigenvalue weighted by atomic mass is 10.1. The fourth-order valence-electron chi connectivity index (χ4n) is 3.24. The maximum Gasteiger partial charge on any atom is 0.407 e. The molecule has 0 aromatic heterocycles. The van der Waals surface area contributed by atoms with Gasteiger partial charge in [-0.05, 0) is 36.8 Å². The van der Waals surface area contributed by atoms with Gasteiger partial charge in [0.1, 0.15) is 17.9 Å². The number of carbonyl (C=O) groups is 2. The molecule has 0 saturated carbocycles. The number of alkyl carbamates (subject to hydrolysis) is 1. The zero-order valence-corrected chi connectivity index (χ0v) is 18.3. The Hall–Kier alpha value is -3.77. The summed E-state index contributed by atoms with van der Waals surface area (Å²) in [7, 11) is 3.10. The maximum absolute atomic E-state index is 12.7. The summed E-state index contributed by atoms with van der Waals surface area (Å²) in [6.07, 6.45) is -0.0223. The zero-order valence-electron chi connectivity index (χ0n) is 18.3. The average molecular weight is 438 g/mol. The number of amides is 3. The predicted molar refractivity (Wildman–Crippen MR) is 119 cm³/mol. The predicted octanol–water partition coefficient (Wildman–Crippen LogP) is 3.81. The third kappa shape index (κ3) is 5.68. The molecular weight excluding hydrogens is 412 g/mol. The molecule has 1 fully saturated rings. The Labute approximate surface area is 186 Å². The molecule has 3 rings (SSSR count). The highest BCUT2D eigenvalue weighted by atomic mass is 16.6. The zero-order chi connectivity index (χ0) is 23.1. The summed E-state index contributed by atoms with van der Waals surface area (Å²) in [6, 6.07) is 13.5. The highest BCUT2D eigenvalue weighted by molar-refractivity contribution is 6.01. The molecule has 0 radical (unpaired) electrons. The highest BCUT2D eigenvalue weighted by Gasteiger charge is 2.21. The standard InChI is InChI=1S/C23H26N4O5/c1-15(25-23(29)32-20-9-10-31-14-20)16-5-4-6-19(11-16)27(2)22(28)26-18-8-7-17(13-24)21(12-18)30-3/h4-8,11-12,15,20H,9-10,14H2,1-3H3,(H,25,29)(H,26,28)/t15-,20?/m0/s1. The molecule has 2 aromatic carbocycles. The van der Waals surface area contributed by atoms with Gasteiger partial charge in [-0.2, -0.15) is 5.26 Å². The molecular formula is C23H26N4O5. The van der Waals surface area contributed by atoms with E-state index in [0.29, 0.717) is 42.3 Å². The first kappa shape index (κ1) is 22.9. The van der Waals surface area contributed by atoms with Crippen LogP contribution in [0.4, 0.5) is 21.0 Å². The minimum absolute atomic E-state index is 0.218. The Morgan fingerprint density at radius 1 is 1.28 bits per heavy atom. The van der Waals surface area contributed by atoms with E-state index in [4.69, 9.17) is 19.5 Å². The van der Waals surface area contributed by atoms with Gasteiger partial charge in [-0.15, -0.1) is 0 Å². The van der Waals surface area contributed by atoms with Crippen molar-refractivity contribution in [2.75, 3.05) is 37.6 Å². The fourth-order valence-corrected chi connectivity index (χ4v) is 3.24. The van der Waals surface area contributed by atoms with Crippen molar-refractivity contribution in [3.63, 3.8) is 0 Å². The van der Waals surface area contributed by atoms with Crippen molar-refractivity contribution >= 4 is 23.5 Å². The molecule has 0 bridgehead atoms. The van der Waals surface area contributed by atoms with E-state index in [1.165, 1.54) is 12.0 Å². The number of rotatable bonds is 6. The summed E-state index contributed by atoms with van der Waals surface area (Å²) in [5.41, 5.74) is 2.35. The summed E-state index contributed by atoms with van der Waals surface area (Å²) < 4.78 is 15.7. The van der Waals surface area contributed by atoms with E-state index in [9.17, 15) is 9.59 Å². The second-order valence-electron chi connectivity index (χ2n) is 7.37. The number of ether oxygens (including phenoxy) is 3. The van der Waals surface area contributed by atoms with E-state index in [1.54, 1.807) is 31.3 Å². The van der Waals surface area contributed by atoms with Crippen LogP contribution in [0.5, 0.6) is 5.75 Å². The van der Waals surface area contributed by atoms with Crippen molar-refractivity contribution in [1.82, 2.24) is 5.32 Å². The first-order valence-electron chi connectivity index (χ1n) is 10.2. The van der Waals surface area contributed by atoms with Crippen LogP contribution in [0.1, 0.15) is 30.5 Å². The number of benzene rings is 2. The molecule has 2 atom stereocenters. The number of methoxy groups -OCH3 is 1. The highest BCUT2D eigenvalue weighted by Crippen LogP contribution is 2.24. The van der Waals surface area contributed by atoms with Gasteiger partial charge in [-0.1, -0.05) is 12.1 Å². The molecule has 1 heterocycles. The minimum atomic E-state index is -0.501. The van der Waals surface area contributed by atoms with E-state index < -0.39 is 6.09 Å². The Morgan fingerprint density at radius 2 is 2.09 bits per heavy atom. The molecule has 1 aliphatic heterocycles. The summed E-state index contributed by atoms with van der Waals surface area (Å²) in [5, 5.41) is 14.7. The van der Waals surface area contributed by atoms with Gasteiger partial charge < -0.3 is 24.8 Å². The number of hydrogen-bond acceptors (Lipinski definition) is 6. The van der Waals surface area contributed by atoms with Crippen molar-refractivity contribution < 1.29 is 23.8 Å². The number of hydrogen-bond donors (Lipinski definition) is 2. The number of urea groups is 1. The Morgan fingerprint density at radius 3 is 2.78 bits per heavy atom. The van der Waals surface area contributed by atoms with Gasteiger partial charge in [0, 0.05) is 30.9 Å². The number of carbonyl (C=O) groups excluding carboxylic acids is 2. The first-order valence-corrected chi connectivity index (χ1v) is 10.2. The third-order valence-electron chi connectivity index (χ3n) is 5.13. The summed E-state index contributed by atoms with van der Waals surface area (Å²) in [6.45, 7) is 2.86. The normalized spacial score (nSPS) is 15.9. The van der Waals surface area contributed by atoms with Gasteiger partial charge in [0.25, 0.3) is 0 Å². The largest absolute Gasteiger partial charge is 0.495 e. The summed E-state index contributed by atoms with van der Waals surface area (Å²) in [5.74, 6) is 0.380. The smallest absolute Gasteiger partial charge is 0.407 e. The van der Waals surface area contributed by atoms with Crippen LogP contribution in [0.2, 0.25) is 0 Å². The lowest BCUT2D eigenvalue weighted by Gasteiger charge is -2.21. The van der Waals surface area contributed by atoms with Gasteiger partial charge in [0.05, 0.1) is 31.9 Å². The van der Waals surface area contributed by atoms with Crippen molar-refractivity contribution in [3.05, 3.63) is 53.6 Å². The van der Waals surface area contributed by atoms with Crippen LogP contribution in [0.15, 0.2) is 42.5 Å². The minimum Gasteiger partial charge on any atom is -0.495 e. The van der Waals surface area contributed by atoms with E-state index in [0.717, 1.165) is 5.56 Å². The van der Waals surface area contributed by atoms with Crippen LogP contribution in [0, 0.1) is 11.3 Å². The van der Waals surface area contributed by atoms with Crippen LogP contribution in [-0.4, -0.2) is 45.6 Å². The Balaban J connectivity index is 1.63. The van der Waals surface area contributed by atoms with Gasteiger partial charge in [-0.3, -0.25) is 4.90 Å². The number of nitrogens with zero attached hydrogens (tertiary/aromatic N) is 2. The summed E-state index contributed by atoms with van der Waals surface area (Å²) in [4.78, 5) is 26.3. The topological polar surface area (TPSA) is 113 Å². The van der Waals surface area contributed by atoms with Gasteiger partial charge >= 0.3 is 12.1 Å². The first-order chi connectivity index (χ1) is 15.4. The molecule has 168 valence electrons. The molecule has 32 heavy (non-hydrogen) atoms. The van der Waals surface area contributed by atoms with Crippen LogP contribution in [0.25, 0.3) is 0 Å². The molecule has 9 nitrogen and oxygen atoms in total. The van der Waals surface area contributed by atoms with E-state index >= 15 is 0 Å². The fraction of sp³-hybridized carbons (Fsp3) is 0.348. The molecule has 0 aliphatic carbocycles. The second kappa shape index (κ2) is 10.5. The molecule has 2 aromatic rings. The van der Waals surface area contributed by atoms with E-state index in [-0.39, 0.29) is 18.2 Å². The quantitative estimate of drug-likeness (QED) is 0.709. The van der Waals surface area contributed by atoms with Gasteiger partial charge in [0.2, 0.25) is 0 Å². The number of nitrogens with one attached hydrogen (secondary N) is 2. The monoisotopic (exact) mass is 438 g/mol. The Bertz CT molecular complexity index is 1010. The van der Waals surface area contributed by atoms with E-state index in [1.807, 2.05) is 31.2 Å². The lowest BCUT2D eigenvalue weighted by molar-refractivity contribution is 0.0812.